The maximum absolute atomic E-state index is 6.03. The highest BCUT2D eigenvalue weighted by atomic mass is 79.9. The Morgan fingerprint density at radius 2 is 2.00 bits per heavy atom. The Bertz CT molecular complexity index is 242. The third-order valence-electron chi connectivity index (χ3n) is 3.58. The second-order valence-electron chi connectivity index (χ2n) is 5.90. The molecule has 2 aliphatic rings. The number of alkyl halides is 1. The van der Waals surface area contributed by atoms with Gasteiger partial charge in [0.15, 0.2) is 0 Å². The first-order chi connectivity index (χ1) is 8.09. The van der Waals surface area contributed by atoms with E-state index in [9.17, 15) is 0 Å². The monoisotopic (exact) mass is 305 g/mol. The number of nitrogens with zero attached hydrogens (tertiary/aromatic N) is 1. The van der Waals surface area contributed by atoms with Crippen molar-refractivity contribution in [2.24, 2.45) is 5.92 Å². The highest BCUT2D eigenvalue weighted by Gasteiger charge is 2.33. The normalized spacial score (nSPS) is 31.6. The van der Waals surface area contributed by atoms with Crippen molar-refractivity contribution in [2.45, 2.75) is 38.4 Å². The quantitative estimate of drug-likeness (QED) is 0.747. The summed E-state index contributed by atoms with van der Waals surface area (Å²) < 4.78 is 11.5. The molecule has 2 aliphatic heterocycles. The SMILES string of the molecule is CC1(C)CN(CC2CCOCC2)CC(CBr)O1. The predicted octanol–water partition coefficient (Wildman–Crippen LogP) is 2.29. The lowest BCUT2D eigenvalue weighted by Gasteiger charge is -2.43. The molecule has 0 spiro atoms. The Labute approximate surface area is 113 Å². The largest absolute Gasteiger partial charge is 0.381 e. The molecule has 17 heavy (non-hydrogen) atoms. The third-order valence-corrected chi connectivity index (χ3v) is 4.30. The fraction of sp³-hybridized carbons (Fsp3) is 1.00. The van der Waals surface area contributed by atoms with Crippen molar-refractivity contribution >= 4 is 15.9 Å². The number of rotatable bonds is 3. The van der Waals surface area contributed by atoms with Gasteiger partial charge in [-0.25, -0.2) is 0 Å². The van der Waals surface area contributed by atoms with Gasteiger partial charge in [0.25, 0.3) is 0 Å². The van der Waals surface area contributed by atoms with Crippen LogP contribution in [0.4, 0.5) is 0 Å². The summed E-state index contributed by atoms with van der Waals surface area (Å²) in [6.45, 7) is 9.59. The van der Waals surface area contributed by atoms with Crippen molar-refractivity contribution in [3.05, 3.63) is 0 Å². The highest BCUT2D eigenvalue weighted by Crippen LogP contribution is 2.24. The topological polar surface area (TPSA) is 21.7 Å². The maximum atomic E-state index is 6.03. The summed E-state index contributed by atoms with van der Waals surface area (Å²) >= 11 is 3.54. The van der Waals surface area contributed by atoms with Crippen molar-refractivity contribution in [1.82, 2.24) is 4.90 Å². The maximum Gasteiger partial charge on any atom is 0.0806 e. The summed E-state index contributed by atoms with van der Waals surface area (Å²) in [6.07, 6.45) is 2.77. The molecule has 2 heterocycles. The zero-order valence-corrected chi connectivity index (χ0v) is 12.5. The van der Waals surface area contributed by atoms with Crippen LogP contribution in [0.1, 0.15) is 26.7 Å². The first-order valence-electron chi connectivity index (χ1n) is 6.63. The molecule has 0 amide bonds. The third kappa shape index (κ3) is 4.19. The van der Waals surface area contributed by atoms with Crippen molar-refractivity contribution in [1.29, 1.82) is 0 Å². The standard InChI is InChI=1S/C13H24BrNO2/c1-13(2)10-15(9-12(7-14)17-13)8-11-3-5-16-6-4-11/h11-12H,3-10H2,1-2H3. The zero-order chi connectivity index (χ0) is 12.3. The Morgan fingerprint density at radius 1 is 1.29 bits per heavy atom. The van der Waals surface area contributed by atoms with Crippen molar-refractivity contribution < 1.29 is 9.47 Å². The molecule has 0 radical (unpaired) electrons. The number of hydrogen-bond acceptors (Lipinski definition) is 3. The summed E-state index contributed by atoms with van der Waals surface area (Å²) in [5.74, 6) is 0.814. The van der Waals surface area contributed by atoms with Crippen LogP contribution in [0.5, 0.6) is 0 Å². The van der Waals surface area contributed by atoms with E-state index in [1.165, 1.54) is 19.4 Å². The van der Waals surface area contributed by atoms with Gasteiger partial charge in [-0.1, -0.05) is 15.9 Å². The summed E-state index contributed by atoms with van der Waals surface area (Å²) in [4.78, 5) is 2.57. The lowest BCUT2D eigenvalue weighted by molar-refractivity contribution is -0.130. The molecule has 4 heteroatoms. The molecule has 0 aromatic rings. The average Bonchev–Trinajstić information content (AvgIpc) is 2.28. The van der Waals surface area contributed by atoms with Gasteiger partial charge >= 0.3 is 0 Å². The Morgan fingerprint density at radius 3 is 2.65 bits per heavy atom. The molecular formula is C13H24BrNO2. The van der Waals surface area contributed by atoms with Crippen LogP contribution >= 0.6 is 15.9 Å². The molecule has 2 fully saturated rings. The van der Waals surface area contributed by atoms with E-state index in [4.69, 9.17) is 9.47 Å². The number of ether oxygens (including phenoxy) is 2. The average molecular weight is 306 g/mol. The van der Waals surface area contributed by atoms with E-state index in [2.05, 4.69) is 34.7 Å². The van der Waals surface area contributed by atoms with E-state index in [0.29, 0.717) is 6.10 Å². The summed E-state index contributed by atoms with van der Waals surface area (Å²) in [5, 5.41) is 0.931. The molecule has 0 aliphatic carbocycles. The molecule has 100 valence electrons. The van der Waals surface area contributed by atoms with Gasteiger partial charge in [0, 0.05) is 38.2 Å². The lowest BCUT2D eigenvalue weighted by atomic mass is 9.97. The van der Waals surface area contributed by atoms with Crippen molar-refractivity contribution in [3.63, 3.8) is 0 Å². The van der Waals surface area contributed by atoms with Crippen LogP contribution < -0.4 is 0 Å². The van der Waals surface area contributed by atoms with Gasteiger partial charge in [0.1, 0.15) is 0 Å². The van der Waals surface area contributed by atoms with Gasteiger partial charge in [0.05, 0.1) is 11.7 Å². The number of morpholine rings is 1. The van der Waals surface area contributed by atoms with Crippen LogP contribution in [0, 0.1) is 5.92 Å². The molecule has 0 saturated carbocycles. The minimum atomic E-state index is -0.0121. The molecule has 0 aromatic carbocycles. The van der Waals surface area contributed by atoms with E-state index >= 15 is 0 Å². The Hall–Kier alpha value is 0.360. The molecule has 1 atom stereocenters. The minimum Gasteiger partial charge on any atom is -0.381 e. The second kappa shape index (κ2) is 6.00. The van der Waals surface area contributed by atoms with Gasteiger partial charge in [0.2, 0.25) is 0 Å². The van der Waals surface area contributed by atoms with E-state index in [0.717, 1.165) is 37.6 Å². The van der Waals surface area contributed by atoms with Gasteiger partial charge in [-0.15, -0.1) is 0 Å². The van der Waals surface area contributed by atoms with Gasteiger partial charge < -0.3 is 9.47 Å². The molecule has 0 aromatic heterocycles. The van der Waals surface area contributed by atoms with Crippen LogP contribution in [-0.2, 0) is 9.47 Å². The van der Waals surface area contributed by atoms with Gasteiger partial charge in [-0.3, -0.25) is 4.90 Å². The van der Waals surface area contributed by atoms with Gasteiger partial charge in [-0.2, -0.15) is 0 Å². The zero-order valence-electron chi connectivity index (χ0n) is 11.0. The van der Waals surface area contributed by atoms with Crippen molar-refractivity contribution in [3.8, 4) is 0 Å². The highest BCUT2D eigenvalue weighted by molar-refractivity contribution is 9.09. The first kappa shape index (κ1) is 13.8. The molecular weight excluding hydrogens is 282 g/mol. The van der Waals surface area contributed by atoms with E-state index < -0.39 is 0 Å². The first-order valence-corrected chi connectivity index (χ1v) is 7.75. The fourth-order valence-electron chi connectivity index (χ4n) is 2.93. The number of hydrogen-bond donors (Lipinski definition) is 0. The van der Waals surface area contributed by atoms with Crippen molar-refractivity contribution in [2.75, 3.05) is 38.2 Å². The number of halogens is 1. The smallest absolute Gasteiger partial charge is 0.0806 e. The van der Waals surface area contributed by atoms with Crippen LogP contribution in [-0.4, -0.2) is 54.8 Å². The minimum absolute atomic E-state index is 0.0121. The van der Waals surface area contributed by atoms with E-state index in [1.54, 1.807) is 0 Å². The van der Waals surface area contributed by atoms with E-state index in [-0.39, 0.29) is 5.60 Å². The Kier molecular flexibility index (Phi) is 4.87. The molecule has 0 bridgehead atoms. The lowest BCUT2D eigenvalue weighted by Crippen LogP contribution is -2.54. The van der Waals surface area contributed by atoms with Gasteiger partial charge in [-0.05, 0) is 32.6 Å². The predicted molar refractivity (Wildman–Crippen MR) is 72.7 cm³/mol. The molecule has 2 rings (SSSR count). The second-order valence-corrected chi connectivity index (χ2v) is 6.55. The summed E-state index contributed by atoms with van der Waals surface area (Å²) in [6, 6.07) is 0. The van der Waals surface area contributed by atoms with Crippen LogP contribution in [0.15, 0.2) is 0 Å². The van der Waals surface area contributed by atoms with E-state index in [1.807, 2.05) is 0 Å². The molecule has 3 nitrogen and oxygen atoms in total. The Balaban J connectivity index is 1.86. The summed E-state index contributed by atoms with van der Waals surface area (Å²) in [5.41, 5.74) is -0.0121. The van der Waals surface area contributed by atoms with Crippen LogP contribution in [0.2, 0.25) is 0 Å². The molecule has 2 saturated heterocycles. The van der Waals surface area contributed by atoms with Crippen LogP contribution in [0.25, 0.3) is 0 Å². The molecule has 0 N–H and O–H groups in total. The molecule has 1 unspecified atom stereocenters. The summed E-state index contributed by atoms with van der Waals surface area (Å²) in [7, 11) is 0. The fourth-order valence-corrected chi connectivity index (χ4v) is 3.27. The van der Waals surface area contributed by atoms with Crippen LogP contribution in [0.3, 0.4) is 0 Å².